The summed E-state index contributed by atoms with van der Waals surface area (Å²) >= 11 is 5.91. The van der Waals surface area contributed by atoms with Crippen molar-refractivity contribution in [2.24, 2.45) is 0 Å². The Morgan fingerprint density at radius 2 is 1.85 bits per heavy atom. The molecule has 1 fully saturated rings. The van der Waals surface area contributed by atoms with E-state index in [2.05, 4.69) is 20.0 Å². The lowest BCUT2D eigenvalue weighted by Gasteiger charge is -2.29. The van der Waals surface area contributed by atoms with E-state index in [1.54, 1.807) is 6.07 Å². The Labute approximate surface area is 196 Å². The van der Waals surface area contributed by atoms with Crippen LogP contribution in [0.25, 0.3) is 10.9 Å². The van der Waals surface area contributed by atoms with Crippen LogP contribution in [0.5, 0.6) is 11.8 Å². The second-order valence-electron chi connectivity index (χ2n) is 7.97. The van der Waals surface area contributed by atoms with Gasteiger partial charge in [0, 0.05) is 17.1 Å². The molecule has 1 aliphatic carbocycles. The zero-order valence-electron chi connectivity index (χ0n) is 18.1. The first-order valence-corrected chi connectivity index (χ1v) is 12.7. The standard InChI is InChI=1S/C22H24ClFN4O4S/c1-31-22-26-20-10-8-16(32-15-6-3-13(4-7-15)28-33(2,29)30)12-17(20)21(27-22)25-14-5-9-19(24)18(23)11-14/h5,8-13,15,28H,3-4,6-7H2,1-2H3,(H,25,26,27). The molecule has 0 spiro atoms. The fourth-order valence-corrected chi connectivity index (χ4v) is 4.87. The number of nitrogens with one attached hydrogen (secondary N) is 2. The van der Waals surface area contributed by atoms with Gasteiger partial charge in [0.1, 0.15) is 17.4 Å². The molecule has 2 aromatic carbocycles. The second-order valence-corrected chi connectivity index (χ2v) is 10.2. The molecule has 8 nitrogen and oxygen atoms in total. The molecule has 0 radical (unpaired) electrons. The van der Waals surface area contributed by atoms with E-state index >= 15 is 0 Å². The molecule has 0 bridgehead atoms. The lowest BCUT2D eigenvalue weighted by molar-refractivity contribution is 0.144. The van der Waals surface area contributed by atoms with Gasteiger partial charge >= 0.3 is 6.01 Å². The largest absolute Gasteiger partial charge is 0.490 e. The van der Waals surface area contributed by atoms with Gasteiger partial charge in [-0.2, -0.15) is 9.97 Å². The van der Waals surface area contributed by atoms with E-state index in [0.29, 0.717) is 41.0 Å². The Bertz CT molecular complexity index is 1270. The average molecular weight is 495 g/mol. The minimum atomic E-state index is -3.22. The third-order valence-corrected chi connectivity index (χ3v) is 6.42. The van der Waals surface area contributed by atoms with Crippen LogP contribution < -0.4 is 19.5 Å². The predicted octanol–water partition coefficient (Wildman–Crippen LogP) is 4.41. The average Bonchev–Trinajstić information content (AvgIpc) is 2.77. The van der Waals surface area contributed by atoms with Gasteiger partial charge in [0.15, 0.2) is 0 Å². The Morgan fingerprint density at radius 1 is 1.09 bits per heavy atom. The summed E-state index contributed by atoms with van der Waals surface area (Å²) < 4.78 is 50.5. The predicted molar refractivity (Wildman–Crippen MR) is 125 cm³/mol. The van der Waals surface area contributed by atoms with E-state index in [1.807, 2.05) is 18.2 Å². The van der Waals surface area contributed by atoms with Crippen LogP contribution in [0.2, 0.25) is 5.02 Å². The molecular formula is C22H24ClFN4O4S. The van der Waals surface area contributed by atoms with Crippen molar-refractivity contribution in [3.8, 4) is 11.8 Å². The van der Waals surface area contributed by atoms with Gasteiger partial charge in [-0.05, 0) is 62.1 Å². The van der Waals surface area contributed by atoms with Crippen LogP contribution in [0.3, 0.4) is 0 Å². The number of sulfonamides is 1. The number of anilines is 2. The summed E-state index contributed by atoms with van der Waals surface area (Å²) in [5, 5.41) is 3.84. The van der Waals surface area contributed by atoms with Gasteiger partial charge in [0.05, 0.1) is 30.0 Å². The highest BCUT2D eigenvalue weighted by atomic mass is 35.5. The normalized spacial score (nSPS) is 18.8. The summed E-state index contributed by atoms with van der Waals surface area (Å²) in [6, 6.07) is 9.91. The van der Waals surface area contributed by atoms with Crippen LogP contribution in [0.4, 0.5) is 15.9 Å². The van der Waals surface area contributed by atoms with Crippen molar-refractivity contribution in [3.05, 3.63) is 47.2 Å². The Balaban J connectivity index is 1.55. The highest BCUT2D eigenvalue weighted by Crippen LogP contribution is 2.32. The fourth-order valence-electron chi connectivity index (χ4n) is 3.85. The fraction of sp³-hybridized carbons (Fsp3) is 0.364. The van der Waals surface area contributed by atoms with Gasteiger partial charge in [0.2, 0.25) is 10.0 Å². The first kappa shape index (κ1) is 23.5. The molecule has 4 rings (SSSR count). The molecule has 11 heteroatoms. The monoisotopic (exact) mass is 494 g/mol. The summed E-state index contributed by atoms with van der Waals surface area (Å²) in [7, 11) is -1.74. The second kappa shape index (κ2) is 9.66. The number of aromatic nitrogens is 2. The molecule has 3 aromatic rings. The summed E-state index contributed by atoms with van der Waals surface area (Å²) in [6.07, 6.45) is 4.06. The Morgan fingerprint density at radius 3 is 2.52 bits per heavy atom. The highest BCUT2D eigenvalue weighted by Gasteiger charge is 2.24. The maximum atomic E-state index is 13.5. The molecule has 0 saturated heterocycles. The SMILES string of the molecule is COc1nc(Nc2ccc(F)c(Cl)c2)c2cc(OC3CCC(NS(C)(=O)=O)CC3)ccc2n1. The van der Waals surface area contributed by atoms with Crippen LogP contribution >= 0.6 is 11.6 Å². The van der Waals surface area contributed by atoms with E-state index in [4.69, 9.17) is 21.1 Å². The number of hydrogen-bond donors (Lipinski definition) is 2. The van der Waals surface area contributed by atoms with Crippen molar-refractivity contribution in [2.75, 3.05) is 18.7 Å². The summed E-state index contributed by atoms with van der Waals surface area (Å²) in [6.45, 7) is 0. The molecule has 33 heavy (non-hydrogen) atoms. The smallest absolute Gasteiger partial charge is 0.318 e. The van der Waals surface area contributed by atoms with Crippen LogP contribution in [0.15, 0.2) is 36.4 Å². The molecule has 0 amide bonds. The first-order valence-electron chi connectivity index (χ1n) is 10.4. The molecule has 2 N–H and O–H groups in total. The van der Waals surface area contributed by atoms with Crippen LogP contribution in [0, 0.1) is 5.82 Å². The van der Waals surface area contributed by atoms with Crippen molar-refractivity contribution in [1.29, 1.82) is 0 Å². The number of rotatable bonds is 7. The Hall–Kier alpha value is -2.69. The molecule has 1 aromatic heterocycles. The van der Waals surface area contributed by atoms with Crippen LogP contribution in [0.1, 0.15) is 25.7 Å². The van der Waals surface area contributed by atoms with E-state index in [0.717, 1.165) is 12.8 Å². The lowest BCUT2D eigenvalue weighted by Crippen LogP contribution is -2.39. The number of fused-ring (bicyclic) bond motifs is 1. The zero-order valence-corrected chi connectivity index (χ0v) is 19.7. The zero-order chi connectivity index (χ0) is 23.6. The van der Waals surface area contributed by atoms with Crippen LogP contribution in [-0.4, -0.2) is 43.9 Å². The van der Waals surface area contributed by atoms with E-state index < -0.39 is 15.8 Å². The molecule has 0 unspecified atom stereocenters. The topological polar surface area (TPSA) is 102 Å². The summed E-state index contributed by atoms with van der Waals surface area (Å²) in [5.41, 5.74) is 1.21. The first-order chi connectivity index (χ1) is 15.7. The molecule has 1 heterocycles. The minimum absolute atomic E-state index is 0.00434. The van der Waals surface area contributed by atoms with Gasteiger partial charge in [-0.1, -0.05) is 11.6 Å². The van der Waals surface area contributed by atoms with E-state index in [-0.39, 0.29) is 23.2 Å². The molecule has 0 aliphatic heterocycles. The number of nitrogens with zero attached hydrogens (tertiary/aromatic N) is 2. The lowest BCUT2D eigenvalue weighted by atomic mass is 9.93. The van der Waals surface area contributed by atoms with Crippen molar-refractivity contribution in [1.82, 2.24) is 14.7 Å². The van der Waals surface area contributed by atoms with Crippen molar-refractivity contribution in [2.45, 2.75) is 37.8 Å². The molecule has 176 valence electrons. The van der Waals surface area contributed by atoms with Crippen molar-refractivity contribution in [3.63, 3.8) is 0 Å². The number of halogens is 2. The van der Waals surface area contributed by atoms with Gasteiger partial charge in [0.25, 0.3) is 0 Å². The van der Waals surface area contributed by atoms with Crippen molar-refractivity contribution < 1.29 is 22.3 Å². The number of hydrogen-bond acceptors (Lipinski definition) is 7. The highest BCUT2D eigenvalue weighted by molar-refractivity contribution is 7.88. The van der Waals surface area contributed by atoms with Gasteiger partial charge < -0.3 is 14.8 Å². The Kier molecular flexibility index (Phi) is 6.87. The van der Waals surface area contributed by atoms with E-state index in [1.165, 1.54) is 25.5 Å². The van der Waals surface area contributed by atoms with Crippen molar-refractivity contribution >= 4 is 44.0 Å². The third kappa shape index (κ3) is 6.01. The third-order valence-electron chi connectivity index (χ3n) is 5.37. The minimum Gasteiger partial charge on any atom is -0.490 e. The maximum absolute atomic E-state index is 13.5. The van der Waals surface area contributed by atoms with Gasteiger partial charge in [-0.15, -0.1) is 0 Å². The van der Waals surface area contributed by atoms with Gasteiger partial charge in [-0.25, -0.2) is 17.5 Å². The quantitative estimate of drug-likeness (QED) is 0.501. The molecule has 1 aliphatic rings. The summed E-state index contributed by atoms with van der Waals surface area (Å²) in [4.78, 5) is 8.78. The molecule has 0 atom stereocenters. The maximum Gasteiger partial charge on any atom is 0.318 e. The van der Waals surface area contributed by atoms with Crippen LogP contribution in [-0.2, 0) is 10.0 Å². The summed E-state index contributed by atoms with van der Waals surface area (Å²) in [5.74, 6) is 0.603. The number of benzene rings is 2. The number of ether oxygens (including phenoxy) is 2. The van der Waals surface area contributed by atoms with Gasteiger partial charge in [-0.3, -0.25) is 0 Å². The number of methoxy groups -OCH3 is 1. The van der Waals surface area contributed by atoms with E-state index in [9.17, 15) is 12.8 Å². The molecule has 1 saturated carbocycles. The molecular weight excluding hydrogens is 471 g/mol.